The van der Waals surface area contributed by atoms with Crippen molar-refractivity contribution >= 4 is 28.9 Å². The highest BCUT2D eigenvalue weighted by Gasteiger charge is 2.17. The molecule has 0 aliphatic carbocycles. The second kappa shape index (κ2) is 6.44. The Kier molecular flexibility index (Phi) is 4.64. The van der Waals surface area contributed by atoms with Crippen LogP contribution >= 0.6 is 11.6 Å². The van der Waals surface area contributed by atoms with Crippen LogP contribution in [0.3, 0.4) is 0 Å². The van der Waals surface area contributed by atoms with E-state index < -0.39 is 0 Å². The summed E-state index contributed by atoms with van der Waals surface area (Å²) in [6.45, 7) is 2.67. The summed E-state index contributed by atoms with van der Waals surface area (Å²) in [4.78, 5) is 14.3. The topological polar surface area (TPSA) is 46.3 Å². The molecular formula is C16H17ClN2O. The van der Waals surface area contributed by atoms with Crippen LogP contribution in [0.15, 0.2) is 48.5 Å². The molecule has 0 aliphatic heterocycles. The standard InChI is InChI=1S/C16H17ClN2O/c1-2-9-19(15-8-4-7-14(18)11-15)16(20)12-5-3-6-13(17)10-12/h3-8,10-11H,2,9,18H2,1H3. The molecule has 3 nitrogen and oxygen atoms in total. The van der Waals surface area contributed by atoms with E-state index in [1.54, 1.807) is 41.3 Å². The third-order valence-electron chi connectivity index (χ3n) is 2.95. The molecule has 0 fully saturated rings. The molecule has 0 atom stereocenters. The smallest absolute Gasteiger partial charge is 0.258 e. The second-order valence-corrected chi connectivity index (χ2v) is 5.00. The fourth-order valence-electron chi connectivity index (χ4n) is 2.04. The molecule has 2 aromatic rings. The normalized spacial score (nSPS) is 10.3. The van der Waals surface area contributed by atoms with Crippen molar-refractivity contribution in [2.75, 3.05) is 17.2 Å². The summed E-state index contributed by atoms with van der Waals surface area (Å²) >= 11 is 5.95. The highest BCUT2D eigenvalue weighted by molar-refractivity contribution is 6.31. The van der Waals surface area contributed by atoms with Crippen LogP contribution in [-0.2, 0) is 0 Å². The number of nitrogens with two attached hydrogens (primary N) is 1. The molecule has 104 valence electrons. The Bertz CT molecular complexity index is 613. The number of hydrogen-bond donors (Lipinski definition) is 1. The number of rotatable bonds is 4. The van der Waals surface area contributed by atoms with E-state index in [4.69, 9.17) is 17.3 Å². The van der Waals surface area contributed by atoms with E-state index in [2.05, 4.69) is 0 Å². The molecule has 0 bridgehead atoms. The van der Waals surface area contributed by atoms with Crippen LogP contribution in [-0.4, -0.2) is 12.5 Å². The van der Waals surface area contributed by atoms with Crippen molar-refractivity contribution in [2.24, 2.45) is 0 Å². The highest BCUT2D eigenvalue weighted by atomic mass is 35.5. The van der Waals surface area contributed by atoms with E-state index in [0.29, 0.717) is 22.8 Å². The minimum absolute atomic E-state index is 0.0695. The molecule has 0 aromatic heterocycles. The highest BCUT2D eigenvalue weighted by Crippen LogP contribution is 2.21. The zero-order valence-electron chi connectivity index (χ0n) is 11.3. The summed E-state index contributed by atoms with van der Waals surface area (Å²) in [6.07, 6.45) is 0.862. The van der Waals surface area contributed by atoms with E-state index in [1.807, 2.05) is 19.1 Å². The van der Waals surface area contributed by atoms with Crippen LogP contribution in [0.25, 0.3) is 0 Å². The average Bonchev–Trinajstić information content (AvgIpc) is 2.44. The summed E-state index contributed by atoms with van der Waals surface area (Å²) in [5, 5.41) is 0.555. The number of halogens is 1. The van der Waals surface area contributed by atoms with Crippen molar-refractivity contribution in [3.8, 4) is 0 Å². The minimum Gasteiger partial charge on any atom is -0.399 e. The lowest BCUT2D eigenvalue weighted by Gasteiger charge is -2.22. The number of carbonyl (C=O) groups excluding carboxylic acids is 1. The largest absolute Gasteiger partial charge is 0.399 e. The van der Waals surface area contributed by atoms with Crippen LogP contribution in [0.5, 0.6) is 0 Å². The van der Waals surface area contributed by atoms with Crippen molar-refractivity contribution < 1.29 is 4.79 Å². The van der Waals surface area contributed by atoms with E-state index in [0.717, 1.165) is 12.1 Å². The molecule has 0 saturated carbocycles. The van der Waals surface area contributed by atoms with Gasteiger partial charge >= 0.3 is 0 Å². The maximum atomic E-state index is 12.6. The Morgan fingerprint density at radius 1 is 1.20 bits per heavy atom. The summed E-state index contributed by atoms with van der Waals surface area (Å²) in [5.41, 5.74) is 7.82. The lowest BCUT2D eigenvalue weighted by molar-refractivity contribution is 0.0987. The van der Waals surface area contributed by atoms with Gasteiger partial charge < -0.3 is 10.6 Å². The predicted molar refractivity (Wildman–Crippen MR) is 84.3 cm³/mol. The molecule has 0 aliphatic rings. The van der Waals surface area contributed by atoms with Gasteiger partial charge in [-0.25, -0.2) is 0 Å². The van der Waals surface area contributed by atoms with Gasteiger partial charge in [-0.1, -0.05) is 30.7 Å². The second-order valence-electron chi connectivity index (χ2n) is 4.56. The lowest BCUT2D eigenvalue weighted by atomic mass is 10.1. The molecule has 0 heterocycles. The Hall–Kier alpha value is -2.00. The molecule has 2 rings (SSSR count). The molecule has 2 aromatic carbocycles. The SMILES string of the molecule is CCCN(C(=O)c1cccc(Cl)c1)c1cccc(N)c1. The summed E-state index contributed by atoms with van der Waals surface area (Å²) in [6, 6.07) is 14.3. The maximum Gasteiger partial charge on any atom is 0.258 e. The van der Waals surface area contributed by atoms with Crippen LogP contribution in [0, 0.1) is 0 Å². The van der Waals surface area contributed by atoms with Gasteiger partial charge in [0.2, 0.25) is 0 Å². The first-order chi connectivity index (χ1) is 9.61. The minimum atomic E-state index is -0.0695. The number of anilines is 2. The van der Waals surface area contributed by atoms with Crippen molar-refractivity contribution in [2.45, 2.75) is 13.3 Å². The third kappa shape index (κ3) is 3.31. The fraction of sp³-hybridized carbons (Fsp3) is 0.188. The summed E-state index contributed by atoms with van der Waals surface area (Å²) in [5.74, 6) is -0.0695. The number of amides is 1. The van der Waals surface area contributed by atoms with Crippen LogP contribution < -0.4 is 10.6 Å². The van der Waals surface area contributed by atoms with Gasteiger partial charge in [0.25, 0.3) is 5.91 Å². The maximum absolute atomic E-state index is 12.6. The molecule has 1 amide bonds. The predicted octanol–water partition coefficient (Wildman–Crippen LogP) is 3.98. The van der Waals surface area contributed by atoms with Gasteiger partial charge in [0, 0.05) is 28.5 Å². The zero-order chi connectivity index (χ0) is 14.5. The first-order valence-corrected chi connectivity index (χ1v) is 6.92. The fourth-order valence-corrected chi connectivity index (χ4v) is 2.23. The van der Waals surface area contributed by atoms with Gasteiger partial charge in [0.1, 0.15) is 0 Å². The number of nitrogen functional groups attached to an aromatic ring is 1. The summed E-state index contributed by atoms with van der Waals surface area (Å²) < 4.78 is 0. The molecule has 0 unspecified atom stereocenters. The number of nitrogens with zero attached hydrogens (tertiary/aromatic N) is 1. The Balaban J connectivity index is 2.35. The number of carbonyl (C=O) groups is 1. The van der Waals surface area contributed by atoms with Gasteiger partial charge in [0.05, 0.1) is 0 Å². The molecular weight excluding hydrogens is 272 g/mol. The molecule has 2 N–H and O–H groups in total. The van der Waals surface area contributed by atoms with Crippen molar-refractivity contribution in [1.82, 2.24) is 0 Å². The third-order valence-corrected chi connectivity index (χ3v) is 3.18. The van der Waals surface area contributed by atoms with Gasteiger partial charge in [-0.05, 0) is 42.8 Å². The van der Waals surface area contributed by atoms with E-state index in [-0.39, 0.29) is 5.91 Å². The first kappa shape index (κ1) is 14.4. The number of hydrogen-bond acceptors (Lipinski definition) is 2. The Morgan fingerprint density at radius 3 is 2.60 bits per heavy atom. The Labute approximate surface area is 124 Å². The monoisotopic (exact) mass is 288 g/mol. The van der Waals surface area contributed by atoms with Crippen LogP contribution in [0.2, 0.25) is 5.02 Å². The molecule has 20 heavy (non-hydrogen) atoms. The average molecular weight is 289 g/mol. The molecule has 0 radical (unpaired) electrons. The first-order valence-electron chi connectivity index (χ1n) is 6.55. The quantitative estimate of drug-likeness (QED) is 0.865. The van der Waals surface area contributed by atoms with Crippen molar-refractivity contribution in [3.05, 3.63) is 59.1 Å². The molecule has 0 saturated heterocycles. The lowest BCUT2D eigenvalue weighted by Crippen LogP contribution is -2.31. The van der Waals surface area contributed by atoms with Crippen LogP contribution in [0.1, 0.15) is 23.7 Å². The van der Waals surface area contributed by atoms with Gasteiger partial charge in [0.15, 0.2) is 0 Å². The Morgan fingerprint density at radius 2 is 1.95 bits per heavy atom. The zero-order valence-corrected chi connectivity index (χ0v) is 12.1. The van der Waals surface area contributed by atoms with Gasteiger partial charge in [-0.15, -0.1) is 0 Å². The van der Waals surface area contributed by atoms with Crippen molar-refractivity contribution in [1.29, 1.82) is 0 Å². The van der Waals surface area contributed by atoms with Crippen LogP contribution in [0.4, 0.5) is 11.4 Å². The molecule has 0 spiro atoms. The summed E-state index contributed by atoms with van der Waals surface area (Å²) in [7, 11) is 0. The van der Waals surface area contributed by atoms with E-state index >= 15 is 0 Å². The van der Waals surface area contributed by atoms with Crippen molar-refractivity contribution in [3.63, 3.8) is 0 Å². The van der Waals surface area contributed by atoms with E-state index in [1.165, 1.54) is 0 Å². The van der Waals surface area contributed by atoms with E-state index in [9.17, 15) is 4.79 Å². The molecule has 4 heteroatoms. The van der Waals surface area contributed by atoms with Gasteiger partial charge in [-0.2, -0.15) is 0 Å². The number of benzene rings is 2. The van der Waals surface area contributed by atoms with Gasteiger partial charge in [-0.3, -0.25) is 4.79 Å².